The van der Waals surface area contributed by atoms with E-state index in [2.05, 4.69) is 20.7 Å². The van der Waals surface area contributed by atoms with Gasteiger partial charge in [-0.1, -0.05) is 11.6 Å². The van der Waals surface area contributed by atoms with Crippen molar-refractivity contribution < 1.29 is 22.0 Å². The molecule has 4 nitrogen and oxygen atoms in total. The topological polar surface area (TPSA) is 50.2 Å². The van der Waals surface area contributed by atoms with Gasteiger partial charge in [-0.15, -0.1) is 10.2 Å². The molecule has 0 unspecified atom stereocenters. The molecule has 2 aromatic rings. The highest BCUT2D eigenvalue weighted by Crippen LogP contribution is 2.21. The van der Waals surface area contributed by atoms with Crippen LogP contribution >= 0.6 is 11.6 Å². The van der Waals surface area contributed by atoms with Gasteiger partial charge in [0.15, 0.2) is 34.2 Å². The summed E-state index contributed by atoms with van der Waals surface area (Å²) in [6, 6.07) is 2.69. The van der Waals surface area contributed by atoms with Gasteiger partial charge in [0.25, 0.3) is 0 Å². The minimum Gasteiger partial charge on any atom is -0.260 e. The lowest BCUT2D eigenvalue weighted by Gasteiger charge is -2.04. The Kier molecular flexibility index (Phi) is 4.32. The van der Waals surface area contributed by atoms with Crippen LogP contribution in [0.4, 0.5) is 27.8 Å². The summed E-state index contributed by atoms with van der Waals surface area (Å²) < 4.78 is 65.2. The Balaban J connectivity index is 2.27. The minimum atomic E-state index is -2.24. The summed E-state index contributed by atoms with van der Waals surface area (Å²) >= 11 is 5.47. The molecule has 1 heterocycles. The van der Waals surface area contributed by atoms with Crippen molar-refractivity contribution in [1.29, 1.82) is 0 Å². The van der Waals surface area contributed by atoms with E-state index in [9.17, 15) is 22.0 Å². The lowest BCUT2D eigenvalue weighted by Crippen LogP contribution is -2.07. The SMILES string of the molecule is Fc1c(F)c(F)c(C=NNc2ccc(Cl)nn2)c(F)c1F. The highest BCUT2D eigenvalue weighted by Gasteiger charge is 2.24. The van der Waals surface area contributed by atoms with E-state index in [4.69, 9.17) is 11.6 Å². The molecule has 0 atom stereocenters. The standard InChI is InChI=1S/C11H4ClF5N4/c12-5-1-2-6(21-19-5)20-18-3-4-7(13)9(15)11(17)10(16)8(4)14/h1-3H,(H,20,21). The van der Waals surface area contributed by atoms with Crippen LogP contribution in [0.25, 0.3) is 0 Å². The van der Waals surface area contributed by atoms with Crippen molar-refractivity contribution in [2.45, 2.75) is 0 Å². The molecule has 0 saturated heterocycles. The number of hydrogen-bond acceptors (Lipinski definition) is 4. The summed E-state index contributed by atoms with van der Waals surface area (Å²) in [6.07, 6.45) is 0.437. The van der Waals surface area contributed by atoms with Crippen LogP contribution in [0.3, 0.4) is 0 Å². The Hall–Kier alpha value is -2.29. The molecule has 0 bridgehead atoms. The summed E-state index contributed by atoms with van der Waals surface area (Å²) in [5, 5.41) is 10.4. The first-order chi connectivity index (χ1) is 9.91. The quantitative estimate of drug-likeness (QED) is 0.310. The normalized spacial score (nSPS) is 11.1. The van der Waals surface area contributed by atoms with Crippen LogP contribution in [-0.2, 0) is 0 Å². The molecule has 0 fully saturated rings. The molecule has 1 aromatic heterocycles. The van der Waals surface area contributed by atoms with Gasteiger partial charge in [0.05, 0.1) is 11.8 Å². The van der Waals surface area contributed by atoms with Crippen LogP contribution in [0.15, 0.2) is 17.2 Å². The van der Waals surface area contributed by atoms with Crippen LogP contribution in [0, 0.1) is 29.1 Å². The Morgan fingerprint density at radius 2 is 1.48 bits per heavy atom. The van der Waals surface area contributed by atoms with E-state index in [1.807, 2.05) is 0 Å². The predicted molar refractivity (Wildman–Crippen MR) is 64.5 cm³/mol. The van der Waals surface area contributed by atoms with Crippen molar-refractivity contribution in [1.82, 2.24) is 10.2 Å². The van der Waals surface area contributed by atoms with Crippen LogP contribution in [0.1, 0.15) is 5.56 Å². The van der Waals surface area contributed by atoms with Gasteiger partial charge in [-0.3, -0.25) is 5.43 Å². The lowest BCUT2D eigenvalue weighted by molar-refractivity contribution is 0.377. The number of hydrogen-bond donors (Lipinski definition) is 1. The van der Waals surface area contributed by atoms with Gasteiger partial charge in [0, 0.05) is 0 Å². The molecule has 0 radical (unpaired) electrons. The maximum absolute atomic E-state index is 13.3. The monoisotopic (exact) mass is 322 g/mol. The number of halogens is 6. The average Bonchev–Trinajstić information content (AvgIpc) is 2.48. The number of rotatable bonds is 3. The van der Waals surface area contributed by atoms with Gasteiger partial charge in [-0.25, -0.2) is 22.0 Å². The first kappa shape index (κ1) is 15.1. The number of benzene rings is 1. The summed E-state index contributed by atoms with van der Waals surface area (Å²) in [5.41, 5.74) is 1.01. The van der Waals surface area contributed by atoms with E-state index in [1.165, 1.54) is 12.1 Å². The fourth-order valence-electron chi connectivity index (χ4n) is 1.27. The number of nitrogens with one attached hydrogen (secondary N) is 1. The van der Waals surface area contributed by atoms with Gasteiger partial charge < -0.3 is 0 Å². The molecule has 10 heteroatoms. The third-order valence-corrected chi connectivity index (χ3v) is 2.45. The molecule has 0 spiro atoms. The molecule has 0 aliphatic carbocycles. The second kappa shape index (κ2) is 6.00. The van der Waals surface area contributed by atoms with Gasteiger partial charge >= 0.3 is 0 Å². The third-order valence-electron chi connectivity index (χ3n) is 2.25. The van der Waals surface area contributed by atoms with E-state index in [-0.39, 0.29) is 11.0 Å². The minimum absolute atomic E-state index is 0.0551. The van der Waals surface area contributed by atoms with Gasteiger partial charge in [0.2, 0.25) is 5.82 Å². The van der Waals surface area contributed by atoms with Gasteiger partial charge in [0.1, 0.15) is 0 Å². The highest BCUT2D eigenvalue weighted by atomic mass is 35.5. The highest BCUT2D eigenvalue weighted by molar-refractivity contribution is 6.29. The second-order valence-electron chi connectivity index (χ2n) is 3.59. The van der Waals surface area contributed by atoms with E-state index in [0.717, 1.165) is 0 Å². The molecule has 0 amide bonds. The molecule has 1 aromatic carbocycles. The molecule has 110 valence electrons. The van der Waals surface area contributed by atoms with Crippen molar-refractivity contribution in [3.8, 4) is 0 Å². The molecule has 21 heavy (non-hydrogen) atoms. The Labute approximate surface area is 119 Å². The molecule has 2 rings (SSSR count). The molecule has 0 aliphatic rings. The van der Waals surface area contributed by atoms with Gasteiger partial charge in [-0.2, -0.15) is 5.10 Å². The molecule has 1 N–H and O–H groups in total. The fourth-order valence-corrected chi connectivity index (χ4v) is 1.37. The summed E-state index contributed by atoms with van der Waals surface area (Å²) in [5.74, 6) is -10.3. The first-order valence-electron chi connectivity index (χ1n) is 5.21. The molecular weight excluding hydrogens is 319 g/mol. The first-order valence-corrected chi connectivity index (χ1v) is 5.59. The summed E-state index contributed by atoms with van der Waals surface area (Å²) in [7, 11) is 0. The maximum Gasteiger partial charge on any atom is 0.200 e. The van der Waals surface area contributed by atoms with Crippen LogP contribution in [0.2, 0.25) is 5.15 Å². The van der Waals surface area contributed by atoms with Crippen molar-refractivity contribution >= 4 is 23.6 Å². The maximum atomic E-state index is 13.3. The van der Waals surface area contributed by atoms with E-state index in [1.54, 1.807) is 0 Å². The Bertz CT molecular complexity index is 676. The Morgan fingerprint density at radius 3 is 2.00 bits per heavy atom. The molecule has 0 saturated carbocycles. The zero-order valence-electron chi connectivity index (χ0n) is 9.84. The molecule has 0 aliphatic heterocycles. The van der Waals surface area contributed by atoms with Crippen LogP contribution in [-0.4, -0.2) is 16.4 Å². The van der Waals surface area contributed by atoms with Crippen molar-refractivity contribution in [2.24, 2.45) is 5.10 Å². The summed E-state index contributed by atoms with van der Waals surface area (Å²) in [4.78, 5) is 0. The van der Waals surface area contributed by atoms with E-state index in [0.29, 0.717) is 6.21 Å². The van der Waals surface area contributed by atoms with E-state index >= 15 is 0 Å². The second-order valence-corrected chi connectivity index (χ2v) is 3.98. The van der Waals surface area contributed by atoms with Crippen LogP contribution < -0.4 is 5.43 Å². The lowest BCUT2D eigenvalue weighted by atomic mass is 10.2. The third kappa shape index (κ3) is 3.07. The van der Waals surface area contributed by atoms with Crippen molar-refractivity contribution in [2.75, 3.05) is 5.43 Å². The van der Waals surface area contributed by atoms with Crippen LogP contribution in [0.5, 0.6) is 0 Å². The van der Waals surface area contributed by atoms with E-state index < -0.39 is 34.6 Å². The predicted octanol–water partition coefficient (Wildman–Crippen LogP) is 3.27. The number of nitrogens with zero attached hydrogens (tertiary/aromatic N) is 3. The van der Waals surface area contributed by atoms with Crippen molar-refractivity contribution in [3.05, 3.63) is 51.9 Å². The van der Waals surface area contributed by atoms with Gasteiger partial charge in [-0.05, 0) is 12.1 Å². The largest absolute Gasteiger partial charge is 0.260 e. The fraction of sp³-hybridized carbons (Fsp3) is 0. The average molecular weight is 323 g/mol. The number of hydrazone groups is 1. The summed E-state index contributed by atoms with van der Waals surface area (Å²) in [6.45, 7) is 0. The van der Waals surface area contributed by atoms with Crippen molar-refractivity contribution in [3.63, 3.8) is 0 Å². The number of aromatic nitrogens is 2. The Morgan fingerprint density at radius 1 is 0.905 bits per heavy atom. The molecular formula is C11H4ClF5N4. The smallest absolute Gasteiger partial charge is 0.200 e. The zero-order chi connectivity index (χ0) is 15.6. The number of anilines is 1. The zero-order valence-corrected chi connectivity index (χ0v) is 10.6.